The molecule has 1 aromatic rings. The maximum absolute atomic E-state index is 12.2. The maximum Gasteiger partial charge on any atom is 0.410 e. The van der Waals surface area contributed by atoms with E-state index in [1.807, 2.05) is 27.8 Å². The van der Waals surface area contributed by atoms with Crippen LogP contribution >= 0.6 is 11.3 Å². The topological polar surface area (TPSA) is 54.5 Å². The lowest BCUT2D eigenvalue weighted by Gasteiger charge is -2.36. The molecule has 0 aromatic carbocycles. The van der Waals surface area contributed by atoms with Crippen molar-refractivity contribution in [1.82, 2.24) is 15.2 Å². The van der Waals surface area contributed by atoms with Gasteiger partial charge in [0.15, 0.2) is 0 Å². The first-order valence-electron chi connectivity index (χ1n) is 9.22. The number of carbonyl (C=O) groups is 1. The molecule has 1 atom stereocenters. The van der Waals surface area contributed by atoms with Gasteiger partial charge in [-0.2, -0.15) is 0 Å². The molecule has 2 rings (SSSR count). The first kappa shape index (κ1) is 20.2. The van der Waals surface area contributed by atoms with Crippen molar-refractivity contribution in [3.05, 3.63) is 15.6 Å². The molecule has 1 fully saturated rings. The third-order valence-corrected chi connectivity index (χ3v) is 5.66. The lowest BCUT2D eigenvalue weighted by atomic mass is 9.90. The average molecular weight is 368 g/mol. The van der Waals surface area contributed by atoms with Crippen LogP contribution in [0.25, 0.3) is 0 Å². The van der Waals surface area contributed by atoms with E-state index in [4.69, 9.17) is 4.74 Å². The van der Waals surface area contributed by atoms with Gasteiger partial charge in [0.1, 0.15) is 5.60 Å². The Hall–Kier alpha value is -1.14. The highest BCUT2D eigenvalue weighted by Crippen LogP contribution is 2.27. The lowest BCUT2D eigenvalue weighted by Crippen LogP contribution is -2.45. The maximum atomic E-state index is 12.2. The van der Waals surface area contributed by atoms with Gasteiger partial charge in [-0.05, 0) is 67.2 Å². The molecular formula is C19H33N3O2S. The summed E-state index contributed by atoms with van der Waals surface area (Å²) in [6.45, 7) is 12.1. The van der Waals surface area contributed by atoms with Crippen molar-refractivity contribution >= 4 is 17.4 Å². The molecule has 142 valence electrons. The number of hydrogen-bond donors (Lipinski definition) is 1. The number of nitrogens with zero attached hydrogens (tertiary/aromatic N) is 2. The van der Waals surface area contributed by atoms with E-state index < -0.39 is 5.60 Å². The van der Waals surface area contributed by atoms with Crippen LogP contribution in [0, 0.1) is 13.8 Å². The zero-order valence-corrected chi connectivity index (χ0v) is 17.5. The third-order valence-electron chi connectivity index (χ3n) is 4.76. The van der Waals surface area contributed by atoms with Crippen LogP contribution in [-0.4, -0.2) is 40.7 Å². The number of ether oxygens (including phenoxy) is 1. The Kier molecular flexibility index (Phi) is 6.49. The fraction of sp³-hybridized carbons (Fsp3) is 0.789. The monoisotopic (exact) mass is 367 g/mol. The van der Waals surface area contributed by atoms with Crippen LogP contribution in [-0.2, 0) is 4.74 Å². The van der Waals surface area contributed by atoms with Crippen molar-refractivity contribution in [2.75, 3.05) is 7.05 Å². The number of carbonyl (C=O) groups excluding carboxylic acids is 1. The first-order valence-corrected chi connectivity index (χ1v) is 10.0. The van der Waals surface area contributed by atoms with Crippen molar-refractivity contribution in [2.45, 2.75) is 91.0 Å². The van der Waals surface area contributed by atoms with Crippen LogP contribution in [0.15, 0.2) is 0 Å². The molecule has 0 spiro atoms. The quantitative estimate of drug-likeness (QED) is 0.846. The summed E-state index contributed by atoms with van der Waals surface area (Å²) in [5.74, 6) is 0. The Balaban J connectivity index is 1.83. The normalized spacial score (nSPS) is 22.5. The van der Waals surface area contributed by atoms with Gasteiger partial charge >= 0.3 is 6.09 Å². The molecule has 1 aliphatic rings. The van der Waals surface area contributed by atoms with E-state index in [-0.39, 0.29) is 18.2 Å². The van der Waals surface area contributed by atoms with Gasteiger partial charge in [-0.3, -0.25) is 0 Å². The van der Waals surface area contributed by atoms with Crippen molar-refractivity contribution in [1.29, 1.82) is 0 Å². The van der Waals surface area contributed by atoms with E-state index in [1.165, 1.54) is 10.6 Å². The van der Waals surface area contributed by atoms with Crippen molar-refractivity contribution in [3.63, 3.8) is 0 Å². The van der Waals surface area contributed by atoms with Crippen LogP contribution in [0.1, 0.15) is 75.0 Å². The Labute approximate surface area is 156 Å². The van der Waals surface area contributed by atoms with Gasteiger partial charge in [-0.25, -0.2) is 9.78 Å². The molecule has 1 aromatic heterocycles. The molecule has 6 heteroatoms. The van der Waals surface area contributed by atoms with E-state index in [0.717, 1.165) is 30.7 Å². The predicted molar refractivity (Wildman–Crippen MR) is 103 cm³/mol. The summed E-state index contributed by atoms with van der Waals surface area (Å²) in [4.78, 5) is 20.0. The lowest BCUT2D eigenvalue weighted by molar-refractivity contribution is 0.0178. The number of thiazole rings is 1. The average Bonchev–Trinajstić information content (AvgIpc) is 2.84. The van der Waals surface area contributed by atoms with Gasteiger partial charge in [0.25, 0.3) is 0 Å². The molecule has 1 saturated carbocycles. The standard InChI is InChI=1S/C19H33N3O2S/c1-12(17-13(2)25-14(3)21-17)20-15-8-10-16(11-9-15)22(7)18(23)24-19(4,5)6/h12,15-16,20H,8-11H2,1-7H3. The van der Waals surface area contributed by atoms with Crippen LogP contribution in [0.2, 0.25) is 0 Å². The van der Waals surface area contributed by atoms with Crippen molar-refractivity contribution in [2.24, 2.45) is 0 Å². The minimum Gasteiger partial charge on any atom is -0.444 e. The zero-order chi connectivity index (χ0) is 18.8. The van der Waals surface area contributed by atoms with E-state index >= 15 is 0 Å². The van der Waals surface area contributed by atoms with Crippen molar-refractivity contribution < 1.29 is 9.53 Å². The van der Waals surface area contributed by atoms with Crippen LogP contribution in [0.5, 0.6) is 0 Å². The van der Waals surface area contributed by atoms with Gasteiger partial charge in [-0.1, -0.05) is 0 Å². The molecule has 1 unspecified atom stereocenters. The number of aromatic nitrogens is 1. The van der Waals surface area contributed by atoms with E-state index in [9.17, 15) is 4.79 Å². The SMILES string of the molecule is Cc1nc(C(C)NC2CCC(N(C)C(=O)OC(C)(C)C)CC2)c(C)s1. The second-order valence-corrected chi connectivity index (χ2v) is 9.57. The Morgan fingerprint density at radius 2 is 1.88 bits per heavy atom. The number of hydrogen-bond acceptors (Lipinski definition) is 5. The summed E-state index contributed by atoms with van der Waals surface area (Å²) in [6, 6.07) is 1.03. The summed E-state index contributed by atoms with van der Waals surface area (Å²) in [5.41, 5.74) is 0.735. The minimum atomic E-state index is -0.441. The van der Waals surface area contributed by atoms with Crippen LogP contribution in [0.4, 0.5) is 4.79 Å². The minimum absolute atomic E-state index is 0.217. The smallest absolute Gasteiger partial charge is 0.410 e. The molecule has 0 bridgehead atoms. The largest absolute Gasteiger partial charge is 0.444 e. The van der Waals surface area contributed by atoms with Crippen LogP contribution in [0.3, 0.4) is 0 Å². The number of aryl methyl sites for hydroxylation is 2. The molecule has 5 nitrogen and oxygen atoms in total. The number of amides is 1. The summed E-state index contributed by atoms with van der Waals surface area (Å²) in [5, 5.41) is 4.85. The highest BCUT2D eigenvalue weighted by molar-refractivity contribution is 7.11. The fourth-order valence-electron chi connectivity index (χ4n) is 3.49. The van der Waals surface area contributed by atoms with Crippen LogP contribution < -0.4 is 5.32 Å². The zero-order valence-electron chi connectivity index (χ0n) is 16.7. The Morgan fingerprint density at radius 3 is 2.36 bits per heavy atom. The molecule has 1 heterocycles. The van der Waals surface area contributed by atoms with Gasteiger partial charge < -0.3 is 15.0 Å². The molecule has 1 amide bonds. The van der Waals surface area contributed by atoms with E-state index in [2.05, 4.69) is 31.1 Å². The number of nitrogens with one attached hydrogen (secondary N) is 1. The molecule has 25 heavy (non-hydrogen) atoms. The summed E-state index contributed by atoms with van der Waals surface area (Å²) < 4.78 is 5.48. The summed E-state index contributed by atoms with van der Waals surface area (Å²) >= 11 is 1.76. The summed E-state index contributed by atoms with van der Waals surface area (Å²) in [6.07, 6.45) is 3.95. The van der Waals surface area contributed by atoms with Gasteiger partial charge in [0, 0.05) is 30.1 Å². The van der Waals surface area contributed by atoms with Gasteiger partial charge in [0.2, 0.25) is 0 Å². The number of rotatable bonds is 4. The second kappa shape index (κ2) is 8.04. The summed E-state index contributed by atoms with van der Waals surface area (Å²) in [7, 11) is 1.86. The Bertz CT molecular complexity index is 586. The fourth-order valence-corrected chi connectivity index (χ4v) is 4.41. The molecular weight excluding hydrogens is 334 g/mol. The first-order chi connectivity index (χ1) is 11.6. The predicted octanol–water partition coefficient (Wildman–Crippen LogP) is 4.59. The molecule has 0 radical (unpaired) electrons. The van der Waals surface area contributed by atoms with Gasteiger partial charge in [0.05, 0.1) is 10.7 Å². The highest BCUT2D eigenvalue weighted by atomic mass is 32.1. The molecule has 0 aliphatic heterocycles. The third kappa shape index (κ3) is 5.68. The van der Waals surface area contributed by atoms with E-state index in [1.54, 1.807) is 16.2 Å². The highest BCUT2D eigenvalue weighted by Gasteiger charge is 2.30. The van der Waals surface area contributed by atoms with Crippen molar-refractivity contribution in [3.8, 4) is 0 Å². The molecule has 0 saturated heterocycles. The van der Waals surface area contributed by atoms with E-state index in [0.29, 0.717) is 6.04 Å². The molecule has 1 aliphatic carbocycles. The van der Waals surface area contributed by atoms with Gasteiger partial charge in [-0.15, -0.1) is 11.3 Å². The molecule has 1 N–H and O–H groups in total. The second-order valence-electron chi connectivity index (χ2n) is 8.16. The Morgan fingerprint density at radius 1 is 1.28 bits per heavy atom.